The van der Waals surface area contributed by atoms with Gasteiger partial charge in [0.05, 0.1) is 16.7 Å². The van der Waals surface area contributed by atoms with Gasteiger partial charge in [-0.3, -0.25) is 19.3 Å². The van der Waals surface area contributed by atoms with Crippen LogP contribution in [0.15, 0.2) is 36.4 Å². The lowest BCUT2D eigenvalue weighted by Gasteiger charge is -2.12. The van der Waals surface area contributed by atoms with Crippen molar-refractivity contribution >= 4 is 23.6 Å². The van der Waals surface area contributed by atoms with Gasteiger partial charge in [-0.05, 0) is 42.8 Å². The molecule has 0 saturated carbocycles. The number of carbonyl (C=O) groups is 4. The second-order valence-corrected chi connectivity index (χ2v) is 6.94. The molecule has 2 aliphatic rings. The van der Waals surface area contributed by atoms with Crippen LogP contribution in [0.25, 0.3) is 0 Å². The number of ketones is 1. The lowest BCUT2D eigenvalue weighted by molar-refractivity contribution is 0.0474. The number of carbonyl (C=O) groups excluding carboxylic acids is 4. The van der Waals surface area contributed by atoms with E-state index in [1.165, 1.54) is 31.4 Å². The Kier molecular flexibility index (Phi) is 5.68. The van der Waals surface area contributed by atoms with Crippen molar-refractivity contribution in [1.29, 1.82) is 0 Å². The van der Waals surface area contributed by atoms with E-state index in [4.69, 9.17) is 18.9 Å². The predicted molar refractivity (Wildman–Crippen MR) is 105 cm³/mol. The molecule has 2 aromatic rings. The largest absolute Gasteiger partial charge is 0.454 e. The maximum Gasteiger partial charge on any atom is 0.338 e. The summed E-state index contributed by atoms with van der Waals surface area (Å²) >= 11 is 0. The number of rotatable bonds is 8. The van der Waals surface area contributed by atoms with E-state index in [9.17, 15) is 19.2 Å². The topological polar surface area (TPSA) is 108 Å². The number of Topliss-reactive ketones (excluding diaryl/α,β-unsaturated/α-hetero) is 1. The summed E-state index contributed by atoms with van der Waals surface area (Å²) in [4.78, 5) is 50.8. The molecule has 2 aliphatic heterocycles. The highest BCUT2D eigenvalue weighted by Crippen LogP contribution is 2.32. The number of nitrogens with zero attached hydrogens (tertiary/aromatic N) is 1. The Bertz CT molecular complexity index is 1080. The van der Waals surface area contributed by atoms with E-state index in [1.54, 1.807) is 12.1 Å². The number of methoxy groups -OCH3 is 1. The first-order chi connectivity index (χ1) is 15.0. The van der Waals surface area contributed by atoms with E-state index in [1.807, 2.05) is 0 Å². The van der Waals surface area contributed by atoms with Gasteiger partial charge in [0, 0.05) is 25.8 Å². The summed E-state index contributed by atoms with van der Waals surface area (Å²) < 4.78 is 20.5. The maximum atomic E-state index is 12.6. The molecule has 4 rings (SSSR count). The Morgan fingerprint density at radius 3 is 2.52 bits per heavy atom. The molecule has 160 valence electrons. The van der Waals surface area contributed by atoms with Gasteiger partial charge in [0.15, 0.2) is 23.9 Å². The Labute approximate surface area is 177 Å². The highest BCUT2D eigenvalue weighted by Gasteiger charge is 2.35. The van der Waals surface area contributed by atoms with Crippen molar-refractivity contribution in [2.24, 2.45) is 0 Å². The molecule has 0 atom stereocenters. The van der Waals surface area contributed by atoms with Crippen LogP contribution in [-0.4, -0.2) is 62.1 Å². The summed E-state index contributed by atoms with van der Waals surface area (Å²) in [5, 5.41) is 0. The molecule has 9 nitrogen and oxygen atoms in total. The lowest BCUT2D eigenvalue weighted by Crippen LogP contribution is -2.31. The minimum absolute atomic E-state index is 0.0807. The normalized spacial score (nSPS) is 14.0. The van der Waals surface area contributed by atoms with E-state index in [2.05, 4.69) is 0 Å². The van der Waals surface area contributed by atoms with Crippen molar-refractivity contribution in [2.45, 2.75) is 6.42 Å². The molecule has 0 aromatic heterocycles. The molecular formula is C22H19NO8. The van der Waals surface area contributed by atoms with Crippen LogP contribution in [0.3, 0.4) is 0 Å². The summed E-state index contributed by atoms with van der Waals surface area (Å²) in [5.41, 5.74) is 0.768. The Hall–Kier alpha value is -3.72. The Morgan fingerprint density at radius 2 is 1.71 bits per heavy atom. The van der Waals surface area contributed by atoms with Crippen molar-refractivity contribution in [3.63, 3.8) is 0 Å². The van der Waals surface area contributed by atoms with Gasteiger partial charge < -0.3 is 18.9 Å². The third kappa shape index (κ3) is 3.99. The van der Waals surface area contributed by atoms with Crippen molar-refractivity contribution in [2.75, 3.05) is 33.7 Å². The molecule has 0 unspecified atom stereocenters. The smallest absolute Gasteiger partial charge is 0.338 e. The van der Waals surface area contributed by atoms with Crippen molar-refractivity contribution in [1.82, 2.24) is 4.90 Å². The third-order valence-electron chi connectivity index (χ3n) is 4.97. The molecule has 9 heteroatoms. The number of fused-ring (bicyclic) bond motifs is 2. The molecular weight excluding hydrogens is 406 g/mol. The van der Waals surface area contributed by atoms with Gasteiger partial charge >= 0.3 is 5.97 Å². The van der Waals surface area contributed by atoms with E-state index >= 15 is 0 Å². The molecule has 0 fully saturated rings. The van der Waals surface area contributed by atoms with E-state index in [-0.39, 0.29) is 30.0 Å². The van der Waals surface area contributed by atoms with E-state index < -0.39 is 30.2 Å². The van der Waals surface area contributed by atoms with Gasteiger partial charge in [-0.15, -0.1) is 0 Å². The lowest BCUT2D eigenvalue weighted by atomic mass is 10.1. The molecule has 0 bridgehead atoms. The van der Waals surface area contributed by atoms with Crippen LogP contribution in [0.4, 0.5) is 0 Å². The van der Waals surface area contributed by atoms with Crippen molar-refractivity contribution in [3.05, 3.63) is 58.7 Å². The molecule has 0 saturated heterocycles. The molecule has 2 heterocycles. The van der Waals surface area contributed by atoms with Gasteiger partial charge in [-0.25, -0.2) is 4.79 Å². The fraction of sp³-hybridized carbons (Fsp3) is 0.273. The minimum atomic E-state index is -0.769. The minimum Gasteiger partial charge on any atom is -0.454 e. The van der Waals surface area contributed by atoms with Crippen LogP contribution in [0.1, 0.15) is 47.9 Å². The molecule has 0 radical (unpaired) electrons. The van der Waals surface area contributed by atoms with Gasteiger partial charge in [0.25, 0.3) is 11.8 Å². The number of imide groups is 1. The summed E-state index contributed by atoms with van der Waals surface area (Å²) in [7, 11) is 1.54. The monoisotopic (exact) mass is 425 g/mol. The zero-order chi connectivity index (χ0) is 22.0. The Morgan fingerprint density at radius 1 is 0.968 bits per heavy atom. The quantitative estimate of drug-likeness (QED) is 0.274. The second kappa shape index (κ2) is 8.57. The van der Waals surface area contributed by atoms with Crippen LogP contribution in [0.5, 0.6) is 11.5 Å². The van der Waals surface area contributed by atoms with Gasteiger partial charge in [0.2, 0.25) is 6.79 Å². The van der Waals surface area contributed by atoms with Crippen molar-refractivity contribution in [3.8, 4) is 11.5 Å². The molecule has 2 aromatic carbocycles. The van der Waals surface area contributed by atoms with E-state index in [0.717, 1.165) is 4.90 Å². The van der Waals surface area contributed by atoms with Gasteiger partial charge in [-0.1, -0.05) is 0 Å². The zero-order valence-corrected chi connectivity index (χ0v) is 16.7. The number of hydrogen-bond acceptors (Lipinski definition) is 8. The van der Waals surface area contributed by atoms with Crippen LogP contribution in [0, 0.1) is 0 Å². The SMILES string of the molecule is COCCCN1C(=O)c2ccc(C(=O)OCC(=O)c3ccc4c(c3)OCO4)cc2C1=O. The summed E-state index contributed by atoms with van der Waals surface area (Å²) in [6, 6.07) is 8.83. The number of ether oxygens (including phenoxy) is 4. The van der Waals surface area contributed by atoms with E-state index in [0.29, 0.717) is 30.1 Å². The molecule has 0 spiro atoms. The maximum absolute atomic E-state index is 12.6. The highest BCUT2D eigenvalue weighted by atomic mass is 16.7. The van der Waals surface area contributed by atoms with Gasteiger partial charge in [0.1, 0.15) is 0 Å². The number of esters is 1. The van der Waals surface area contributed by atoms with Gasteiger partial charge in [-0.2, -0.15) is 0 Å². The van der Waals surface area contributed by atoms with Crippen LogP contribution in [0.2, 0.25) is 0 Å². The van der Waals surface area contributed by atoms with Crippen LogP contribution in [-0.2, 0) is 9.47 Å². The number of amides is 2. The first-order valence-electron chi connectivity index (χ1n) is 9.58. The fourth-order valence-electron chi connectivity index (χ4n) is 3.36. The summed E-state index contributed by atoms with van der Waals surface area (Å²) in [6.45, 7) is 0.253. The highest BCUT2D eigenvalue weighted by molar-refractivity contribution is 6.22. The average molecular weight is 425 g/mol. The number of benzene rings is 2. The Balaban J connectivity index is 1.41. The standard InChI is InChI=1S/C22H19NO8/c1-28-8-2-7-23-20(25)15-5-3-14(9-16(15)21(23)26)22(27)29-11-17(24)13-4-6-18-19(10-13)31-12-30-18/h3-6,9-10H,2,7-8,11-12H2,1H3. The second-order valence-electron chi connectivity index (χ2n) is 6.94. The third-order valence-corrected chi connectivity index (χ3v) is 4.97. The number of hydrogen-bond donors (Lipinski definition) is 0. The average Bonchev–Trinajstić information content (AvgIpc) is 3.35. The fourth-order valence-corrected chi connectivity index (χ4v) is 3.36. The van der Waals surface area contributed by atoms with Crippen molar-refractivity contribution < 1.29 is 38.1 Å². The zero-order valence-electron chi connectivity index (χ0n) is 16.7. The predicted octanol–water partition coefficient (Wildman–Crippen LogP) is 2.09. The van der Waals surface area contributed by atoms with Crippen LogP contribution < -0.4 is 9.47 Å². The summed E-state index contributed by atoms with van der Waals surface area (Å²) in [5.74, 6) is -1.06. The molecule has 2 amide bonds. The van der Waals surface area contributed by atoms with Crippen LogP contribution >= 0.6 is 0 Å². The first-order valence-corrected chi connectivity index (χ1v) is 9.58. The first kappa shape index (κ1) is 20.5. The molecule has 31 heavy (non-hydrogen) atoms. The molecule has 0 N–H and O–H groups in total. The molecule has 0 aliphatic carbocycles. The summed E-state index contributed by atoms with van der Waals surface area (Å²) in [6.07, 6.45) is 0.513.